The van der Waals surface area contributed by atoms with E-state index in [0.717, 1.165) is 24.1 Å². The highest BCUT2D eigenvalue weighted by molar-refractivity contribution is 8.15. The van der Waals surface area contributed by atoms with E-state index in [-0.39, 0.29) is 18.2 Å². The SMILES string of the molecule is CCCC(C)=NN=C1NC(=O)[C@@H](CC(=O)Nc2ccc(Cl)cc2C)S1. The van der Waals surface area contributed by atoms with Crippen molar-refractivity contribution >= 4 is 51.7 Å². The molecule has 6 nitrogen and oxygen atoms in total. The van der Waals surface area contributed by atoms with Crippen LogP contribution >= 0.6 is 23.4 Å². The van der Waals surface area contributed by atoms with E-state index in [0.29, 0.717) is 15.9 Å². The van der Waals surface area contributed by atoms with Crippen molar-refractivity contribution in [3.63, 3.8) is 0 Å². The number of benzene rings is 1. The van der Waals surface area contributed by atoms with Crippen molar-refractivity contribution in [1.82, 2.24) is 5.32 Å². The largest absolute Gasteiger partial charge is 0.326 e. The van der Waals surface area contributed by atoms with Gasteiger partial charge in [-0.15, -0.1) is 5.10 Å². The number of amides is 2. The zero-order valence-electron chi connectivity index (χ0n) is 14.4. The van der Waals surface area contributed by atoms with Gasteiger partial charge in [0.05, 0.1) is 0 Å². The number of nitrogens with zero attached hydrogens (tertiary/aromatic N) is 2. The topological polar surface area (TPSA) is 82.9 Å². The Labute approximate surface area is 156 Å². The second-order valence-corrected chi connectivity index (χ2v) is 7.43. The van der Waals surface area contributed by atoms with Gasteiger partial charge in [0.1, 0.15) is 5.25 Å². The Kier molecular flexibility index (Phi) is 7.01. The van der Waals surface area contributed by atoms with Crippen molar-refractivity contribution in [2.45, 2.75) is 45.3 Å². The summed E-state index contributed by atoms with van der Waals surface area (Å²) in [6.07, 6.45) is 1.92. The first kappa shape index (κ1) is 19.5. The van der Waals surface area contributed by atoms with Crippen LogP contribution in [0, 0.1) is 6.92 Å². The number of halogens is 1. The Balaban J connectivity index is 1.94. The summed E-state index contributed by atoms with van der Waals surface area (Å²) in [5.74, 6) is -0.458. The van der Waals surface area contributed by atoms with Crippen LogP contribution in [0.2, 0.25) is 5.02 Å². The van der Waals surface area contributed by atoms with Gasteiger partial charge in [0, 0.05) is 22.8 Å². The summed E-state index contributed by atoms with van der Waals surface area (Å²) in [6.45, 7) is 5.82. The lowest BCUT2D eigenvalue weighted by Crippen LogP contribution is -2.28. The van der Waals surface area contributed by atoms with Crippen molar-refractivity contribution in [1.29, 1.82) is 0 Å². The Morgan fingerprint density at radius 2 is 2.20 bits per heavy atom. The molecule has 1 aromatic carbocycles. The summed E-state index contributed by atoms with van der Waals surface area (Å²) < 4.78 is 0. The third kappa shape index (κ3) is 5.86. The normalized spacial score (nSPS) is 19.2. The van der Waals surface area contributed by atoms with E-state index in [4.69, 9.17) is 11.6 Å². The number of anilines is 1. The summed E-state index contributed by atoms with van der Waals surface area (Å²) >= 11 is 7.13. The van der Waals surface area contributed by atoms with Crippen molar-refractivity contribution in [3.8, 4) is 0 Å². The van der Waals surface area contributed by atoms with Crippen LogP contribution in [-0.4, -0.2) is 27.9 Å². The van der Waals surface area contributed by atoms with E-state index >= 15 is 0 Å². The maximum absolute atomic E-state index is 12.2. The maximum atomic E-state index is 12.2. The van der Waals surface area contributed by atoms with Crippen molar-refractivity contribution in [2.24, 2.45) is 10.2 Å². The fourth-order valence-electron chi connectivity index (χ4n) is 2.27. The molecule has 1 aromatic rings. The molecule has 1 aliphatic rings. The van der Waals surface area contributed by atoms with Crippen LogP contribution in [0.4, 0.5) is 5.69 Å². The van der Waals surface area contributed by atoms with Crippen molar-refractivity contribution in [2.75, 3.05) is 5.32 Å². The van der Waals surface area contributed by atoms with Crippen LogP contribution in [0.5, 0.6) is 0 Å². The Bertz CT molecular complexity index is 733. The van der Waals surface area contributed by atoms with Gasteiger partial charge in [0.2, 0.25) is 11.8 Å². The third-order valence-corrected chi connectivity index (χ3v) is 4.84. The zero-order valence-corrected chi connectivity index (χ0v) is 16.0. The fraction of sp³-hybridized carbons (Fsp3) is 0.412. The molecule has 0 unspecified atom stereocenters. The van der Waals surface area contributed by atoms with Crippen LogP contribution in [-0.2, 0) is 9.59 Å². The standard InChI is InChI=1S/C17H21ClN4O2S/c1-4-5-11(3)21-22-17-20-16(24)14(25-17)9-15(23)19-13-7-6-12(18)8-10(13)2/h6-8,14H,4-5,9H2,1-3H3,(H,19,23)(H,20,22,24)/t14-/m1/s1. The van der Waals surface area contributed by atoms with Gasteiger partial charge in [-0.3, -0.25) is 9.59 Å². The maximum Gasteiger partial charge on any atom is 0.240 e. The van der Waals surface area contributed by atoms with E-state index < -0.39 is 5.25 Å². The summed E-state index contributed by atoms with van der Waals surface area (Å²) in [6, 6.07) is 5.23. The molecule has 1 aliphatic heterocycles. The van der Waals surface area contributed by atoms with E-state index in [2.05, 4.69) is 27.8 Å². The molecule has 2 N–H and O–H groups in total. The molecule has 2 amide bonds. The molecule has 1 atom stereocenters. The van der Waals surface area contributed by atoms with Crippen molar-refractivity contribution < 1.29 is 9.59 Å². The zero-order chi connectivity index (χ0) is 18.4. The van der Waals surface area contributed by atoms with Gasteiger partial charge in [-0.05, 0) is 44.0 Å². The van der Waals surface area contributed by atoms with Gasteiger partial charge in [0.15, 0.2) is 5.17 Å². The quantitative estimate of drug-likeness (QED) is 0.582. The van der Waals surface area contributed by atoms with Crippen LogP contribution in [0.15, 0.2) is 28.4 Å². The minimum atomic E-state index is -0.506. The number of hydrogen-bond donors (Lipinski definition) is 2. The number of hydrogen-bond acceptors (Lipinski definition) is 5. The Morgan fingerprint density at radius 1 is 1.44 bits per heavy atom. The Hall–Kier alpha value is -1.86. The van der Waals surface area contributed by atoms with Crippen molar-refractivity contribution in [3.05, 3.63) is 28.8 Å². The minimum absolute atomic E-state index is 0.0647. The van der Waals surface area contributed by atoms with Crippen LogP contribution < -0.4 is 10.6 Å². The fourth-order valence-corrected chi connectivity index (χ4v) is 3.41. The molecule has 1 heterocycles. The average molecular weight is 381 g/mol. The third-order valence-electron chi connectivity index (χ3n) is 3.53. The smallest absolute Gasteiger partial charge is 0.240 e. The van der Waals surface area contributed by atoms with Gasteiger partial charge in [-0.2, -0.15) is 5.10 Å². The Morgan fingerprint density at radius 3 is 2.88 bits per heavy atom. The second-order valence-electron chi connectivity index (χ2n) is 5.80. The molecule has 0 aliphatic carbocycles. The number of nitrogens with one attached hydrogen (secondary N) is 2. The summed E-state index contributed by atoms with van der Waals surface area (Å²) in [5.41, 5.74) is 2.46. The monoisotopic (exact) mass is 380 g/mol. The van der Waals surface area contributed by atoms with Crippen LogP contribution in [0.3, 0.4) is 0 Å². The predicted molar refractivity (Wildman–Crippen MR) is 104 cm³/mol. The molecule has 0 bridgehead atoms. The van der Waals surface area contributed by atoms with Gasteiger partial charge < -0.3 is 10.6 Å². The van der Waals surface area contributed by atoms with E-state index in [1.54, 1.807) is 18.2 Å². The molecule has 8 heteroatoms. The molecule has 134 valence electrons. The van der Waals surface area contributed by atoms with Gasteiger partial charge in [-0.25, -0.2) is 0 Å². The molecule has 1 saturated heterocycles. The minimum Gasteiger partial charge on any atom is -0.326 e. The van der Waals surface area contributed by atoms with E-state index in [9.17, 15) is 9.59 Å². The van der Waals surface area contributed by atoms with E-state index in [1.165, 1.54) is 11.8 Å². The molecule has 0 spiro atoms. The second kappa shape index (κ2) is 9.01. The summed E-state index contributed by atoms with van der Waals surface area (Å²) in [7, 11) is 0. The number of amidine groups is 1. The highest BCUT2D eigenvalue weighted by Gasteiger charge is 2.32. The first-order chi connectivity index (χ1) is 11.9. The highest BCUT2D eigenvalue weighted by Crippen LogP contribution is 2.24. The lowest BCUT2D eigenvalue weighted by molar-refractivity contribution is -0.122. The van der Waals surface area contributed by atoms with E-state index in [1.807, 2.05) is 13.8 Å². The van der Waals surface area contributed by atoms with Gasteiger partial charge in [-0.1, -0.05) is 36.7 Å². The predicted octanol–water partition coefficient (Wildman–Crippen LogP) is 3.74. The number of aryl methyl sites for hydroxylation is 1. The van der Waals surface area contributed by atoms with Gasteiger partial charge >= 0.3 is 0 Å². The first-order valence-corrected chi connectivity index (χ1v) is 9.29. The lowest BCUT2D eigenvalue weighted by Gasteiger charge is -2.10. The van der Waals surface area contributed by atoms with Gasteiger partial charge in [0.25, 0.3) is 0 Å². The summed E-state index contributed by atoms with van der Waals surface area (Å²) in [4.78, 5) is 24.2. The lowest BCUT2D eigenvalue weighted by atomic mass is 10.2. The number of carbonyl (C=O) groups excluding carboxylic acids is 2. The summed E-state index contributed by atoms with van der Waals surface area (Å²) in [5, 5.41) is 14.1. The molecular weight excluding hydrogens is 360 g/mol. The number of rotatable bonds is 6. The molecule has 1 fully saturated rings. The molecule has 0 radical (unpaired) electrons. The molecular formula is C17H21ClN4O2S. The molecule has 2 rings (SSSR count). The molecule has 0 saturated carbocycles. The van der Waals surface area contributed by atoms with Crippen LogP contribution in [0.25, 0.3) is 0 Å². The molecule has 25 heavy (non-hydrogen) atoms. The first-order valence-electron chi connectivity index (χ1n) is 8.03. The highest BCUT2D eigenvalue weighted by atomic mass is 35.5. The number of thioether (sulfide) groups is 1. The average Bonchev–Trinajstić information content (AvgIpc) is 2.88. The van der Waals surface area contributed by atoms with Crippen LogP contribution in [0.1, 0.15) is 38.7 Å². The molecule has 0 aromatic heterocycles. The number of carbonyl (C=O) groups is 2.